The summed E-state index contributed by atoms with van der Waals surface area (Å²) in [6.07, 6.45) is 0.966. The van der Waals surface area contributed by atoms with Crippen molar-refractivity contribution in [1.82, 2.24) is 15.0 Å². The van der Waals surface area contributed by atoms with Gasteiger partial charge in [-0.3, -0.25) is 0 Å². The molecule has 0 aliphatic carbocycles. The Morgan fingerprint density at radius 3 is 2.48 bits per heavy atom. The maximum Gasteiger partial charge on any atom is 0.0944 e. The van der Waals surface area contributed by atoms with E-state index < -0.39 is 6.10 Å². The molecule has 3 aromatic rings. The fourth-order valence-electron chi connectivity index (χ4n) is 2.25. The number of anilines is 1. The lowest BCUT2D eigenvalue weighted by Gasteiger charge is -2.11. The highest BCUT2D eigenvalue weighted by Gasteiger charge is 2.08. The molecule has 0 fully saturated rings. The van der Waals surface area contributed by atoms with Gasteiger partial charge in [0.05, 0.1) is 30.3 Å². The third-order valence-corrected chi connectivity index (χ3v) is 3.48. The molecule has 3 N–H and O–H groups in total. The molecule has 0 aliphatic rings. The van der Waals surface area contributed by atoms with Crippen molar-refractivity contribution < 1.29 is 10.2 Å². The summed E-state index contributed by atoms with van der Waals surface area (Å²) in [5.41, 5.74) is 3.73. The molecule has 1 aromatic heterocycles. The van der Waals surface area contributed by atoms with Crippen LogP contribution in [0.15, 0.2) is 60.8 Å². The molecule has 3 rings (SSSR count). The van der Waals surface area contributed by atoms with Gasteiger partial charge in [-0.25, -0.2) is 4.68 Å². The Bertz CT molecular complexity index is 741. The van der Waals surface area contributed by atoms with E-state index in [4.69, 9.17) is 5.11 Å². The van der Waals surface area contributed by atoms with Gasteiger partial charge in [-0.05, 0) is 24.3 Å². The van der Waals surface area contributed by atoms with Crippen molar-refractivity contribution >= 4 is 5.69 Å². The molecule has 0 saturated carbocycles. The molecule has 0 saturated heterocycles. The van der Waals surface area contributed by atoms with Crippen LogP contribution in [0.4, 0.5) is 5.69 Å². The Hall–Kier alpha value is -2.70. The molecular weight excluding hydrogens is 292 g/mol. The van der Waals surface area contributed by atoms with Crippen LogP contribution in [-0.4, -0.2) is 44.5 Å². The molecule has 6 heteroatoms. The van der Waals surface area contributed by atoms with Crippen LogP contribution < -0.4 is 5.32 Å². The second-order valence-electron chi connectivity index (χ2n) is 5.16. The van der Waals surface area contributed by atoms with Crippen LogP contribution >= 0.6 is 0 Å². The normalized spacial score (nSPS) is 12.1. The molecule has 0 spiro atoms. The molecule has 0 bridgehead atoms. The third-order valence-electron chi connectivity index (χ3n) is 3.48. The summed E-state index contributed by atoms with van der Waals surface area (Å²) in [7, 11) is 0. The van der Waals surface area contributed by atoms with E-state index in [1.165, 1.54) is 0 Å². The van der Waals surface area contributed by atoms with Crippen LogP contribution in [0.3, 0.4) is 0 Å². The zero-order chi connectivity index (χ0) is 16.1. The number of hydrogen-bond acceptors (Lipinski definition) is 5. The summed E-state index contributed by atoms with van der Waals surface area (Å²) < 4.78 is 1.78. The van der Waals surface area contributed by atoms with Crippen LogP contribution in [0.25, 0.3) is 16.9 Å². The van der Waals surface area contributed by atoms with E-state index in [9.17, 15) is 5.11 Å². The molecule has 6 nitrogen and oxygen atoms in total. The summed E-state index contributed by atoms with van der Waals surface area (Å²) in [6, 6.07) is 17.6. The highest BCUT2D eigenvalue weighted by Crippen LogP contribution is 2.22. The number of nitrogens with zero attached hydrogens (tertiary/aromatic N) is 3. The average Bonchev–Trinajstić information content (AvgIpc) is 3.10. The first kappa shape index (κ1) is 15.2. The molecule has 0 aliphatic heterocycles. The van der Waals surface area contributed by atoms with Crippen molar-refractivity contribution in [2.75, 3.05) is 18.5 Å². The summed E-state index contributed by atoms with van der Waals surface area (Å²) >= 11 is 0. The van der Waals surface area contributed by atoms with E-state index in [0.717, 1.165) is 22.6 Å². The van der Waals surface area contributed by atoms with Crippen molar-refractivity contribution in [3.05, 3.63) is 60.8 Å². The molecular formula is C17H18N4O2. The fourth-order valence-corrected chi connectivity index (χ4v) is 2.25. The van der Waals surface area contributed by atoms with Crippen LogP contribution in [0.1, 0.15) is 0 Å². The van der Waals surface area contributed by atoms with Crippen molar-refractivity contribution in [3.8, 4) is 16.9 Å². The fraction of sp³-hybridized carbons (Fsp3) is 0.176. The number of aliphatic hydroxyl groups is 2. The Morgan fingerprint density at radius 1 is 1.04 bits per heavy atom. The molecule has 2 aromatic carbocycles. The van der Waals surface area contributed by atoms with Gasteiger partial charge in [0.2, 0.25) is 0 Å². The Labute approximate surface area is 134 Å². The minimum absolute atomic E-state index is 0.259. The molecule has 1 unspecified atom stereocenters. The second-order valence-corrected chi connectivity index (χ2v) is 5.16. The van der Waals surface area contributed by atoms with Gasteiger partial charge in [-0.1, -0.05) is 35.5 Å². The van der Waals surface area contributed by atoms with Crippen LogP contribution in [0.5, 0.6) is 0 Å². The topological polar surface area (TPSA) is 83.2 Å². The van der Waals surface area contributed by atoms with Crippen molar-refractivity contribution in [2.24, 2.45) is 0 Å². The first-order chi connectivity index (χ1) is 11.3. The molecule has 1 heterocycles. The predicted octanol–water partition coefficient (Wildman–Crippen LogP) is 1.70. The van der Waals surface area contributed by atoms with Gasteiger partial charge in [0, 0.05) is 17.8 Å². The zero-order valence-electron chi connectivity index (χ0n) is 12.5. The van der Waals surface area contributed by atoms with Gasteiger partial charge in [0.15, 0.2) is 0 Å². The number of rotatable bonds is 6. The summed E-state index contributed by atoms with van der Waals surface area (Å²) in [4.78, 5) is 0. The monoisotopic (exact) mass is 310 g/mol. The second kappa shape index (κ2) is 7.04. The molecule has 0 radical (unpaired) electrons. The van der Waals surface area contributed by atoms with E-state index in [1.807, 2.05) is 54.6 Å². The van der Waals surface area contributed by atoms with E-state index in [0.29, 0.717) is 6.54 Å². The van der Waals surface area contributed by atoms with E-state index >= 15 is 0 Å². The maximum absolute atomic E-state index is 9.35. The zero-order valence-corrected chi connectivity index (χ0v) is 12.5. The number of nitrogens with one attached hydrogen (secondary N) is 1. The summed E-state index contributed by atoms with van der Waals surface area (Å²) in [6.45, 7) is 0.0406. The summed E-state index contributed by atoms with van der Waals surface area (Å²) in [5.74, 6) is 0. The number of aliphatic hydroxyl groups excluding tert-OH is 2. The van der Waals surface area contributed by atoms with E-state index in [-0.39, 0.29) is 6.61 Å². The van der Waals surface area contributed by atoms with E-state index in [2.05, 4.69) is 15.6 Å². The number of hydrogen-bond donors (Lipinski definition) is 3. The smallest absolute Gasteiger partial charge is 0.0944 e. The molecule has 23 heavy (non-hydrogen) atoms. The number of benzene rings is 2. The van der Waals surface area contributed by atoms with Gasteiger partial charge >= 0.3 is 0 Å². The van der Waals surface area contributed by atoms with Crippen molar-refractivity contribution in [2.45, 2.75) is 6.10 Å². The van der Waals surface area contributed by atoms with Gasteiger partial charge < -0.3 is 15.5 Å². The van der Waals surface area contributed by atoms with Crippen LogP contribution in [0, 0.1) is 0 Å². The molecule has 0 amide bonds. The Morgan fingerprint density at radius 2 is 1.78 bits per heavy atom. The highest BCUT2D eigenvalue weighted by atomic mass is 16.3. The van der Waals surface area contributed by atoms with Gasteiger partial charge in [0.1, 0.15) is 0 Å². The Balaban J connectivity index is 1.80. The highest BCUT2D eigenvalue weighted by molar-refractivity contribution is 5.61. The average molecular weight is 310 g/mol. The van der Waals surface area contributed by atoms with Crippen molar-refractivity contribution in [3.63, 3.8) is 0 Å². The molecule has 1 atom stereocenters. The lowest BCUT2D eigenvalue weighted by Crippen LogP contribution is -2.22. The van der Waals surface area contributed by atoms with Gasteiger partial charge in [-0.15, -0.1) is 5.10 Å². The Kier molecular flexibility index (Phi) is 4.65. The predicted molar refractivity (Wildman–Crippen MR) is 88.4 cm³/mol. The first-order valence-electron chi connectivity index (χ1n) is 7.37. The van der Waals surface area contributed by atoms with Gasteiger partial charge in [0.25, 0.3) is 0 Å². The van der Waals surface area contributed by atoms with Crippen LogP contribution in [0.2, 0.25) is 0 Å². The standard InChI is InChI=1S/C17H18N4O2/c22-12-16(23)10-18-14-6-8-15(9-7-14)21-17(11-19-20-21)13-4-2-1-3-5-13/h1-9,11,16,18,22-23H,10,12H2. The lowest BCUT2D eigenvalue weighted by molar-refractivity contribution is 0.105. The number of aromatic nitrogens is 3. The molecule has 118 valence electrons. The lowest BCUT2D eigenvalue weighted by atomic mass is 10.1. The largest absolute Gasteiger partial charge is 0.394 e. The van der Waals surface area contributed by atoms with Crippen molar-refractivity contribution in [1.29, 1.82) is 0 Å². The van der Waals surface area contributed by atoms with Crippen LogP contribution in [-0.2, 0) is 0 Å². The first-order valence-corrected chi connectivity index (χ1v) is 7.37. The minimum atomic E-state index is -0.769. The quantitative estimate of drug-likeness (QED) is 0.645. The van der Waals surface area contributed by atoms with Gasteiger partial charge in [-0.2, -0.15) is 0 Å². The SMILES string of the molecule is OCC(O)CNc1ccc(-n2nncc2-c2ccccc2)cc1. The van der Waals surface area contributed by atoms with E-state index in [1.54, 1.807) is 10.9 Å². The maximum atomic E-state index is 9.35. The minimum Gasteiger partial charge on any atom is -0.394 e. The third kappa shape index (κ3) is 3.56. The summed E-state index contributed by atoms with van der Waals surface area (Å²) in [5, 5.41) is 29.4.